The SMILES string of the molecule is Cc1ncc(-c2ccc(C[C@@H]3COc4cc(-c5ccccc5C(=O)NSC(C)(C)C)ccc4C3O)nc2)s1. The van der Waals surface area contributed by atoms with Gasteiger partial charge in [-0.25, -0.2) is 4.98 Å². The number of carbonyl (C=O) groups is 1. The van der Waals surface area contributed by atoms with E-state index in [4.69, 9.17) is 4.74 Å². The molecule has 2 atom stereocenters. The number of hydrogen-bond donors (Lipinski definition) is 2. The van der Waals surface area contributed by atoms with Gasteiger partial charge in [0.15, 0.2) is 0 Å². The van der Waals surface area contributed by atoms with E-state index in [1.807, 2.05) is 67.8 Å². The number of hydrogen-bond acceptors (Lipinski definition) is 7. The molecule has 196 valence electrons. The molecular formula is C30H31N3O3S2. The highest BCUT2D eigenvalue weighted by Gasteiger charge is 2.30. The van der Waals surface area contributed by atoms with Crippen molar-refractivity contribution in [3.63, 3.8) is 0 Å². The maximum Gasteiger partial charge on any atom is 0.261 e. The average molecular weight is 546 g/mol. The molecule has 2 aromatic heterocycles. The molecule has 5 rings (SSSR count). The van der Waals surface area contributed by atoms with Gasteiger partial charge >= 0.3 is 0 Å². The van der Waals surface area contributed by atoms with Crippen LogP contribution in [0.4, 0.5) is 0 Å². The predicted octanol–water partition coefficient (Wildman–Crippen LogP) is 6.64. The van der Waals surface area contributed by atoms with E-state index in [1.165, 1.54) is 11.9 Å². The third kappa shape index (κ3) is 5.93. The molecule has 0 saturated carbocycles. The number of carbonyl (C=O) groups excluding carboxylic acids is 1. The van der Waals surface area contributed by atoms with Gasteiger partial charge in [-0.1, -0.05) is 36.4 Å². The Balaban J connectivity index is 1.31. The van der Waals surface area contributed by atoms with E-state index in [0.717, 1.165) is 37.8 Å². The molecule has 0 fully saturated rings. The zero-order chi connectivity index (χ0) is 26.9. The fourth-order valence-electron chi connectivity index (χ4n) is 4.43. The van der Waals surface area contributed by atoms with Gasteiger partial charge in [0, 0.05) is 45.4 Å². The molecule has 0 saturated heterocycles. The summed E-state index contributed by atoms with van der Waals surface area (Å²) in [5, 5.41) is 12.2. The van der Waals surface area contributed by atoms with Crippen LogP contribution in [-0.2, 0) is 6.42 Å². The van der Waals surface area contributed by atoms with Gasteiger partial charge in [0.1, 0.15) is 5.75 Å². The van der Waals surface area contributed by atoms with Crippen molar-refractivity contribution in [3.8, 4) is 27.3 Å². The van der Waals surface area contributed by atoms with Crippen LogP contribution in [0.25, 0.3) is 21.6 Å². The molecule has 2 aromatic carbocycles. The molecule has 8 heteroatoms. The van der Waals surface area contributed by atoms with Crippen LogP contribution >= 0.6 is 23.3 Å². The second-order valence-electron chi connectivity index (χ2n) is 10.4. The van der Waals surface area contributed by atoms with Crippen LogP contribution in [0.5, 0.6) is 5.75 Å². The lowest BCUT2D eigenvalue weighted by Gasteiger charge is -2.30. The Labute approximate surface area is 231 Å². The highest BCUT2D eigenvalue weighted by atomic mass is 32.2. The molecule has 1 amide bonds. The van der Waals surface area contributed by atoms with Crippen molar-refractivity contribution in [1.29, 1.82) is 0 Å². The number of ether oxygens (including phenoxy) is 1. The van der Waals surface area contributed by atoms with Crippen LogP contribution in [0.2, 0.25) is 0 Å². The number of thiazole rings is 1. The van der Waals surface area contributed by atoms with Gasteiger partial charge in [-0.05, 0) is 75.4 Å². The number of fused-ring (bicyclic) bond motifs is 1. The number of aromatic nitrogens is 2. The average Bonchev–Trinajstić information content (AvgIpc) is 3.35. The maximum absolute atomic E-state index is 12.9. The molecule has 0 radical (unpaired) electrons. The Morgan fingerprint density at radius 2 is 1.89 bits per heavy atom. The van der Waals surface area contributed by atoms with Gasteiger partial charge < -0.3 is 9.84 Å². The minimum atomic E-state index is -0.667. The molecule has 0 aliphatic carbocycles. The minimum absolute atomic E-state index is 0.0881. The summed E-state index contributed by atoms with van der Waals surface area (Å²) in [6, 6.07) is 17.4. The van der Waals surface area contributed by atoms with E-state index in [-0.39, 0.29) is 16.6 Å². The predicted molar refractivity (Wildman–Crippen MR) is 154 cm³/mol. The van der Waals surface area contributed by atoms with Crippen LogP contribution in [0.1, 0.15) is 53.5 Å². The fraction of sp³-hybridized carbons (Fsp3) is 0.300. The van der Waals surface area contributed by atoms with Crippen molar-refractivity contribution in [1.82, 2.24) is 14.7 Å². The summed E-state index contributed by atoms with van der Waals surface area (Å²) in [4.78, 5) is 23.0. The molecule has 1 unspecified atom stereocenters. The summed E-state index contributed by atoms with van der Waals surface area (Å²) in [5.74, 6) is 0.405. The van der Waals surface area contributed by atoms with Gasteiger partial charge in [-0.2, -0.15) is 0 Å². The summed E-state index contributed by atoms with van der Waals surface area (Å²) in [7, 11) is 0. The number of nitrogens with zero attached hydrogens (tertiary/aromatic N) is 2. The monoisotopic (exact) mass is 545 g/mol. The summed E-state index contributed by atoms with van der Waals surface area (Å²) >= 11 is 3.05. The van der Waals surface area contributed by atoms with Crippen molar-refractivity contribution >= 4 is 29.2 Å². The van der Waals surface area contributed by atoms with E-state index >= 15 is 0 Å². The number of amides is 1. The Morgan fingerprint density at radius 3 is 2.61 bits per heavy atom. The summed E-state index contributed by atoms with van der Waals surface area (Å²) in [6.45, 7) is 8.54. The van der Waals surface area contributed by atoms with Gasteiger partial charge in [0.25, 0.3) is 5.91 Å². The molecule has 0 spiro atoms. The quantitative estimate of drug-likeness (QED) is 0.264. The molecule has 4 aromatic rings. The minimum Gasteiger partial charge on any atom is -0.493 e. The number of aliphatic hydroxyl groups excluding tert-OH is 1. The van der Waals surface area contributed by atoms with E-state index in [0.29, 0.717) is 24.3 Å². The molecule has 3 heterocycles. The van der Waals surface area contributed by atoms with Crippen LogP contribution < -0.4 is 9.46 Å². The zero-order valence-electron chi connectivity index (χ0n) is 21.9. The van der Waals surface area contributed by atoms with Crippen molar-refractivity contribution in [2.75, 3.05) is 6.61 Å². The summed E-state index contributed by atoms with van der Waals surface area (Å²) < 4.78 is 9.00. The number of pyridine rings is 1. The molecule has 0 bridgehead atoms. The second kappa shape index (κ2) is 10.9. The van der Waals surface area contributed by atoms with Crippen molar-refractivity contribution in [2.45, 2.75) is 45.0 Å². The molecule has 1 aliphatic rings. The Morgan fingerprint density at radius 1 is 1.11 bits per heavy atom. The molecular weight excluding hydrogens is 514 g/mol. The topological polar surface area (TPSA) is 84.3 Å². The first-order chi connectivity index (χ1) is 18.2. The first kappa shape index (κ1) is 26.4. The Bertz CT molecular complexity index is 1440. The lowest BCUT2D eigenvalue weighted by Crippen LogP contribution is -2.28. The normalized spacial score (nSPS) is 17.0. The van der Waals surface area contributed by atoms with Gasteiger partial charge in [-0.15, -0.1) is 11.3 Å². The van der Waals surface area contributed by atoms with Gasteiger partial charge in [-0.3, -0.25) is 14.5 Å². The molecule has 38 heavy (non-hydrogen) atoms. The molecule has 2 N–H and O–H groups in total. The zero-order valence-corrected chi connectivity index (χ0v) is 23.5. The van der Waals surface area contributed by atoms with E-state index in [9.17, 15) is 9.90 Å². The lowest BCUT2D eigenvalue weighted by molar-refractivity contribution is 0.0503. The number of benzene rings is 2. The van der Waals surface area contributed by atoms with Crippen LogP contribution in [0, 0.1) is 12.8 Å². The maximum atomic E-state index is 12.9. The standard InChI is InChI=1S/C30H31N3O3S2/c1-18-31-16-27(37-18)20-9-11-22(32-15-20)13-21-17-36-26-14-19(10-12-25(26)28(21)34)23-7-5-6-8-24(23)29(35)33-38-30(2,3)4/h5-12,14-16,21,28,34H,13,17H2,1-4H3,(H,33,35)/t21-,28?/m1/s1. The van der Waals surface area contributed by atoms with Crippen molar-refractivity contribution in [3.05, 3.63) is 88.8 Å². The molecule has 1 aliphatic heterocycles. The number of aliphatic hydroxyl groups is 1. The third-order valence-corrected chi connectivity index (χ3v) is 8.23. The number of rotatable bonds is 6. The smallest absolute Gasteiger partial charge is 0.261 e. The summed E-state index contributed by atoms with van der Waals surface area (Å²) in [5.41, 5.74) is 5.01. The first-order valence-corrected chi connectivity index (χ1v) is 14.2. The summed E-state index contributed by atoms with van der Waals surface area (Å²) in [6.07, 6.45) is 3.68. The van der Waals surface area contributed by atoms with Gasteiger partial charge in [0.2, 0.25) is 0 Å². The molecule has 6 nitrogen and oxygen atoms in total. The Kier molecular flexibility index (Phi) is 7.56. The second-order valence-corrected chi connectivity index (χ2v) is 13.3. The van der Waals surface area contributed by atoms with Crippen molar-refractivity contribution < 1.29 is 14.6 Å². The largest absolute Gasteiger partial charge is 0.493 e. The highest BCUT2D eigenvalue weighted by molar-refractivity contribution is 7.99. The first-order valence-electron chi connectivity index (χ1n) is 12.6. The Hall–Kier alpha value is -3.20. The lowest BCUT2D eigenvalue weighted by atomic mass is 9.88. The van der Waals surface area contributed by atoms with Crippen LogP contribution in [0.15, 0.2) is 67.0 Å². The highest BCUT2D eigenvalue weighted by Crippen LogP contribution is 2.40. The number of aryl methyl sites for hydroxylation is 1. The fourth-order valence-corrected chi connectivity index (χ4v) is 5.70. The van der Waals surface area contributed by atoms with E-state index < -0.39 is 6.10 Å². The third-order valence-electron chi connectivity index (χ3n) is 6.37. The van der Waals surface area contributed by atoms with Crippen LogP contribution in [-0.4, -0.2) is 32.3 Å². The van der Waals surface area contributed by atoms with Crippen molar-refractivity contribution in [2.24, 2.45) is 5.92 Å². The van der Waals surface area contributed by atoms with E-state index in [2.05, 4.69) is 41.5 Å². The van der Waals surface area contributed by atoms with E-state index in [1.54, 1.807) is 11.3 Å². The number of nitrogens with one attached hydrogen (secondary N) is 1. The van der Waals surface area contributed by atoms with Crippen LogP contribution in [0.3, 0.4) is 0 Å². The van der Waals surface area contributed by atoms with Gasteiger partial charge in [0.05, 0.1) is 22.6 Å².